The number of rotatable bonds is 7. The Morgan fingerprint density at radius 3 is 2.55 bits per heavy atom. The fourth-order valence-electron chi connectivity index (χ4n) is 2.84. The molecule has 0 N–H and O–H groups in total. The van der Waals surface area contributed by atoms with Gasteiger partial charge in [0.1, 0.15) is 6.61 Å². The summed E-state index contributed by atoms with van der Waals surface area (Å²) in [6.45, 7) is 0.260. The highest BCUT2D eigenvalue weighted by atomic mass is 79.9. The molecule has 3 aromatic rings. The van der Waals surface area contributed by atoms with Crippen LogP contribution in [0.4, 0.5) is 5.69 Å². The zero-order valence-corrected chi connectivity index (χ0v) is 18.7. The van der Waals surface area contributed by atoms with E-state index in [0.717, 1.165) is 5.56 Å². The zero-order valence-electron chi connectivity index (χ0n) is 16.3. The molecule has 0 radical (unpaired) electrons. The molecule has 0 fully saturated rings. The smallest absolute Gasteiger partial charge is 0.269 e. The molecule has 0 saturated carbocycles. The first-order valence-corrected chi connectivity index (χ1v) is 10.2. The summed E-state index contributed by atoms with van der Waals surface area (Å²) in [5.74, 6) is 0.988. The third kappa shape index (κ3) is 5.43. The second-order valence-electron chi connectivity index (χ2n) is 6.39. The number of hydrogen-bond donors (Lipinski definition) is 0. The van der Waals surface area contributed by atoms with Crippen molar-refractivity contribution in [1.82, 2.24) is 0 Å². The van der Waals surface area contributed by atoms with Crippen LogP contribution >= 0.6 is 27.5 Å². The van der Waals surface area contributed by atoms with Gasteiger partial charge in [0.05, 0.1) is 28.1 Å². The van der Waals surface area contributed by atoms with Crippen LogP contribution in [0.1, 0.15) is 16.7 Å². The molecule has 3 rings (SSSR count). The maximum atomic E-state index is 10.8. The van der Waals surface area contributed by atoms with E-state index >= 15 is 0 Å². The molecule has 0 aliphatic rings. The average Bonchev–Trinajstić information content (AvgIpc) is 2.77. The van der Waals surface area contributed by atoms with E-state index in [2.05, 4.69) is 22.0 Å². The van der Waals surface area contributed by atoms with E-state index in [0.29, 0.717) is 37.7 Å². The first-order valence-electron chi connectivity index (χ1n) is 9.03. The summed E-state index contributed by atoms with van der Waals surface area (Å²) in [6, 6.07) is 18.9. The van der Waals surface area contributed by atoms with E-state index in [9.17, 15) is 15.4 Å². The molecule has 0 aromatic heterocycles. The number of nitro groups is 1. The van der Waals surface area contributed by atoms with Gasteiger partial charge in [0.2, 0.25) is 0 Å². The van der Waals surface area contributed by atoms with Crippen molar-refractivity contribution in [2.45, 2.75) is 6.61 Å². The summed E-state index contributed by atoms with van der Waals surface area (Å²) in [7, 11) is 1.53. The molecular formula is C23H16BrClN2O4. The van der Waals surface area contributed by atoms with Gasteiger partial charge in [-0.15, -0.1) is 0 Å². The quantitative estimate of drug-likeness (QED) is 0.157. The van der Waals surface area contributed by atoms with Crippen molar-refractivity contribution in [1.29, 1.82) is 5.26 Å². The van der Waals surface area contributed by atoms with Gasteiger partial charge in [-0.3, -0.25) is 10.1 Å². The van der Waals surface area contributed by atoms with Crippen LogP contribution < -0.4 is 9.47 Å². The van der Waals surface area contributed by atoms with Crippen molar-refractivity contribution in [2.75, 3.05) is 7.11 Å². The van der Waals surface area contributed by atoms with Crippen molar-refractivity contribution < 1.29 is 14.4 Å². The maximum Gasteiger partial charge on any atom is 0.269 e. The van der Waals surface area contributed by atoms with Gasteiger partial charge in [0.15, 0.2) is 11.5 Å². The minimum atomic E-state index is -0.483. The van der Waals surface area contributed by atoms with E-state index in [1.54, 1.807) is 36.4 Å². The van der Waals surface area contributed by atoms with Crippen molar-refractivity contribution >= 4 is 44.9 Å². The third-order valence-electron chi connectivity index (χ3n) is 4.40. The summed E-state index contributed by atoms with van der Waals surface area (Å²) in [5.41, 5.74) is 2.43. The van der Waals surface area contributed by atoms with Crippen molar-refractivity contribution in [2.24, 2.45) is 0 Å². The minimum Gasteiger partial charge on any atom is -0.493 e. The standard InChI is InChI=1S/C23H16BrClN2O4/c1-30-22-12-15(10-18(13-26)16-6-8-19(9-7-16)27(28)29)11-20(24)23(22)31-14-17-4-2-3-5-21(17)25/h2-12H,14H2,1H3. The number of nitrogens with zero attached hydrogens (tertiary/aromatic N) is 2. The lowest BCUT2D eigenvalue weighted by molar-refractivity contribution is -0.384. The average molecular weight is 500 g/mol. The van der Waals surface area contributed by atoms with Crippen LogP contribution in [0.2, 0.25) is 5.02 Å². The fraction of sp³-hybridized carbons (Fsp3) is 0.0870. The Morgan fingerprint density at radius 2 is 1.94 bits per heavy atom. The number of allylic oxidation sites excluding steroid dienone is 1. The lowest BCUT2D eigenvalue weighted by atomic mass is 10.0. The molecule has 0 atom stereocenters. The van der Waals surface area contributed by atoms with Gasteiger partial charge in [-0.1, -0.05) is 29.8 Å². The predicted octanol–water partition coefficient (Wildman–Crippen LogP) is 6.66. The highest BCUT2D eigenvalue weighted by molar-refractivity contribution is 9.10. The van der Waals surface area contributed by atoms with Crippen LogP contribution in [0.15, 0.2) is 65.1 Å². The molecule has 0 aliphatic carbocycles. The Morgan fingerprint density at radius 1 is 1.23 bits per heavy atom. The Balaban J connectivity index is 1.89. The highest BCUT2D eigenvalue weighted by Gasteiger charge is 2.13. The number of ether oxygens (including phenoxy) is 2. The minimum absolute atomic E-state index is 0.0366. The highest BCUT2D eigenvalue weighted by Crippen LogP contribution is 2.38. The predicted molar refractivity (Wildman–Crippen MR) is 123 cm³/mol. The largest absolute Gasteiger partial charge is 0.493 e. The Bertz CT molecular complexity index is 1190. The van der Waals surface area contributed by atoms with Gasteiger partial charge in [-0.05, 0) is 63.5 Å². The lowest BCUT2D eigenvalue weighted by Crippen LogP contribution is -1.99. The number of halogens is 2. The van der Waals surface area contributed by atoms with Gasteiger partial charge in [-0.2, -0.15) is 5.26 Å². The number of nitriles is 1. The van der Waals surface area contributed by atoms with Crippen molar-refractivity contribution in [3.8, 4) is 17.6 Å². The molecule has 0 bridgehead atoms. The summed E-state index contributed by atoms with van der Waals surface area (Å²) in [5, 5.41) is 21.0. The summed E-state index contributed by atoms with van der Waals surface area (Å²) in [4.78, 5) is 10.3. The van der Waals surface area contributed by atoms with Gasteiger partial charge in [0.25, 0.3) is 5.69 Å². The molecule has 0 spiro atoms. The molecule has 0 heterocycles. The monoisotopic (exact) mass is 498 g/mol. The lowest BCUT2D eigenvalue weighted by Gasteiger charge is -2.14. The van der Waals surface area contributed by atoms with Gasteiger partial charge in [-0.25, -0.2) is 0 Å². The fourth-order valence-corrected chi connectivity index (χ4v) is 3.60. The zero-order chi connectivity index (χ0) is 22.4. The molecule has 8 heteroatoms. The van der Waals surface area contributed by atoms with E-state index in [4.69, 9.17) is 21.1 Å². The summed E-state index contributed by atoms with van der Waals surface area (Å²) in [6.07, 6.45) is 1.67. The molecule has 0 aliphatic heterocycles. The summed E-state index contributed by atoms with van der Waals surface area (Å²) >= 11 is 9.69. The number of non-ortho nitro benzene ring substituents is 1. The topological polar surface area (TPSA) is 85.4 Å². The number of methoxy groups -OCH3 is 1. The Hall–Kier alpha value is -3.34. The molecular weight excluding hydrogens is 484 g/mol. The van der Waals surface area contributed by atoms with E-state index < -0.39 is 4.92 Å². The third-order valence-corrected chi connectivity index (χ3v) is 5.36. The van der Waals surface area contributed by atoms with Gasteiger partial charge in [0, 0.05) is 22.7 Å². The van der Waals surface area contributed by atoms with Crippen LogP contribution in [0.5, 0.6) is 11.5 Å². The van der Waals surface area contributed by atoms with Crippen molar-refractivity contribution in [3.63, 3.8) is 0 Å². The SMILES string of the molecule is COc1cc(C=C(C#N)c2ccc([N+](=O)[O-])cc2)cc(Br)c1OCc1ccccc1Cl. The molecule has 31 heavy (non-hydrogen) atoms. The van der Waals surface area contributed by atoms with Crippen LogP contribution in [0.25, 0.3) is 11.6 Å². The summed E-state index contributed by atoms with van der Waals surface area (Å²) < 4.78 is 12.0. The van der Waals surface area contributed by atoms with Crippen LogP contribution in [-0.4, -0.2) is 12.0 Å². The van der Waals surface area contributed by atoms with Crippen LogP contribution in [0.3, 0.4) is 0 Å². The number of nitro benzene ring substituents is 1. The maximum absolute atomic E-state index is 10.8. The first kappa shape index (κ1) is 22.3. The second-order valence-corrected chi connectivity index (χ2v) is 7.65. The Kier molecular flexibility index (Phi) is 7.29. The number of hydrogen-bond acceptors (Lipinski definition) is 5. The molecule has 3 aromatic carbocycles. The molecule has 0 saturated heterocycles. The molecule has 0 unspecified atom stereocenters. The molecule has 6 nitrogen and oxygen atoms in total. The van der Waals surface area contributed by atoms with Crippen molar-refractivity contribution in [3.05, 3.63) is 97.0 Å². The Labute approximate surface area is 192 Å². The second kappa shape index (κ2) is 10.1. The first-order chi connectivity index (χ1) is 14.9. The van der Waals surface area contributed by atoms with Gasteiger partial charge >= 0.3 is 0 Å². The van der Waals surface area contributed by atoms with E-state index in [1.807, 2.05) is 18.2 Å². The molecule has 156 valence electrons. The number of benzene rings is 3. The van der Waals surface area contributed by atoms with E-state index in [-0.39, 0.29) is 12.3 Å². The van der Waals surface area contributed by atoms with Gasteiger partial charge < -0.3 is 9.47 Å². The molecule has 0 amide bonds. The van der Waals surface area contributed by atoms with Crippen LogP contribution in [0, 0.1) is 21.4 Å². The van der Waals surface area contributed by atoms with E-state index in [1.165, 1.54) is 19.2 Å². The van der Waals surface area contributed by atoms with Crippen LogP contribution in [-0.2, 0) is 6.61 Å². The normalized spacial score (nSPS) is 11.0.